The first kappa shape index (κ1) is 15.3. The third-order valence-electron chi connectivity index (χ3n) is 3.22. The van der Waals surface area contributed by atoms with Crippen LogP contribution in [0.5, 0.6) is 0 Å². The van der Waals surface area contributed by atoms with Crippen LogP contribution in [0.15, 0.2) is 30.3 Å². The number of thiazole rings is 1. The molecule has 0 atom stereocenters. The molecule has 0 spiro atoms. The SMILES string of the molecule is COC(=O)Cc1nnn(Cc2sc(-c3ccccc3)nc2C)n1. The van der Waals surface area contributed by atoms with Crippen LogP contribution in [-0.2, 0) is 22.5 Å². The van der Waals surface area contributed by atoms with Gasteiger partial charge in [0, 0.05) is 5.56 Å². The molecular formula is C15H15N5O2S. The number of aryl methyl sites for hydroxylation is 1. The highest BCUT2D eigenvalue weighted by atomic mass is 32.1. The van der Waals surface area contributed by atoms with Crippen molar-refractivity contribution in [3.8, 4) is 10.6 Å². The molecule has 7 nitrogen and oxygen atoms in total. The summed E-state index contributed by atoms with van der Waals surface area (Å²) in [5.74, 6) is -0.0350. The predicted molar refractivity (Wildman–Crippen MR) is 84.9 cm³/mol. The van der Waals surface area contributed by atoms with Gasteiger partial charge in [-0.2, -0.15) is 4.80 Å². The molecule has 0 bridgehead atoms. The zero-order valence-corrected chi connectivity index (χ0v) is 13.6. The van der Waals surface area contributed by atoms with Crippen LogP contribution in [0.3, 0.4) is 0 Å². The lowest BCUT2D eigenvalue weighted by Gasteiger charge is -1.96. The van der Waals surface area contributed by atoms with Crippen LogP contribution < -0.4 is 0 Å². The Kier molecular flexibility index (Phi) is 4.42. The molecule has 0 aliphatic carbocycles. The molecule has 23 heavy (non-hydrogen) atoms. The summed E-state index contributed by atoms with van der Waals surface area (Å²) < 4.78 is 4.59. The van der Waals surface area contributed by atoms with Gasteiger partial charge in [-0.3, -0.25) is 4.79 Å². The minimum absolute atomic E-state index is 0.0213. The first-order valence-corrected chi connectivity index (χ1v) is 7.82. The van der Waals surface area contributed by atoms with Crippen molar-refractivity contribution in [1.29, 1.82) is 0 Å². The molecule has 0 aliphatic rings. The second-order valence-electron chi connectivity index (χ2n) is 4.88. The number of hydrogen-bond acceptors (Lipinski definition) is 7. The van der Waals surface area contributed by atoms with Gasteiger partial charge in [0.05, 0.1) is 24.2 Å². The largest absolute Gasteiger partial charge is 0.469 e. The second kappa shape index (κ2) is 6.66. The standard InChI is InChI=1S/C15H15N5O2S/c1-10-12(23-15(16-10)11-6-4-3-5-7-11)9-20-18-13(17-19-20)8-14(21)22-2/h3-7H,8-9H2,1-2H3. The second-order valence-corrected chi connectivity index (χ2v) is 5.97. The van der Waals surface area contributed by atoms with Crippen molar-refractivity contribution < 1.29 is 9.53 Å². The van der Waals surface area contributed by atoms with Crippen LogP contribution in [0.1, 0.15) is 16.4 Å². The van der Waals surface area contributed by atoms with Crippen LogP contribution in [0.25, 0.3) is 10.6 Å². The van der Waals surface area contributed by atoms with E-state index in [-0.39, 0.29) is 12.4 Å². The quantitative estimate of drug-likeness (QED) is 0.665. The van der Waals surface area contributed by atoms with Gasteiger partial charge in [0.25, 0.3) is 0 Å². The molecule has 0 aliphatic heterocycles. The number of rotatable bonds is 5. The third-order valence-corrected chi connectivity index (χ3v) is 4.41. The maximum Gasteiger partial charge on any atom is 0.313 e. The summed E-state index contributed by atoms with van der Waals surface area (Å²) in [7, 11) is 1.33. The predicted octanol–water partition coefficient (Wildman–Crippen LogP) is 1.87. The zero-order chi connectivity index (χ0) is 16.2. The summed E-state index contributed by atoms with van der Waals surface area (Å²) in [6.45, 7) is 2.44. The van der Waals surface area contributed by atoms with Gasteiger partial charge in [-0.05, 0) is 12.1 Å². The van der Waals surface area contributed by atoms with Crippen molar-refractivity contribution in [2.75, 3.05) is 7.11 Å². The van der Waals surface area contributed by atoms with Crippen LogP contribution in [0, 0.1) is 6.92 Å². The van der Waals surface area contributed by atoms with Gasteiger partial charge in [0.15, 0.2) is 5.82 Å². The number of carbonyl (C=O) groups excluding carboxylic acids is 1. The van der Waals surface area contributed by atoms with Crippen molar-refractivity contribution >= 4 is 17.3 Å². The van der Waals surface area contributed by atoms with Gasteiger partial charge in [0.2, 0.25) is 0 Å². The Labute approximate surface area is 136 Å². The van der Waals surface area contributed by atoms with Crippen molar-refractivity contribution in [2.24, 2.45) is 0 Å². The van der Waals surface area contributed by atoms with Crippen molar-refractivity contribution in [1.82, 2.24) is 25.2 Å². The molecule has 0 radical (unpaired) electrons. The highest BCUT2D eigenvalue weighted by Crippen LogP contribution is 2.27. The molecule has 2 aromatic heterocycles. The summed E-state index contributed by atoms with van der Waals surface area (Å²) in [5.41, 5.74) is 2.03. The van der Waals surface area contributed by atoms with Gasteiger partial charge < -0.3 is 4.74 Å². The van der Waals surface area contributed by atoms with E-state index in [1.165, 1.54) is 11.9 Å². The molecule has 0 saturated heterocycles. The maximum absolute atomic E-state index is 11.2. The zero-order valence-electron chi connectivity index (χ0n) is 12.8. The van der Waals surface area contributed by atoms with Crippen molar-refractivity contribution in [2.45, 2.75) is 19.9 Å². The van der Waals surface area contributed by atoms with Crippen LogP contribution in [0.2, 0.25) is 0 Å². The average Bonchev–Trinajstić information content (AvgIpc) is 3.15. The fraction of sp³-hybridized carbons (Fsp3) is 0.267. The molecule has 0 fully saturated rings. The molecule has 3 aromatic rings. The van der Waals surface area contributed by atoms with E-state index >= 15 is 0 Å². The molecule has 0 N–H and O–H groups in total. The number of ether oxygens (including phenoxy) is 1. The lowest BCUT2D eigenvalue weighted by Crippen LogP contribution is -2.07. The number of tetrazole rings is 1. The molecule has 0 saturated carbocycles. The van der Waals surface area contributed by atoms with Crippen LogP contribution >= 0.6 is 11.3 Å². The topological polar surface area (TPSA) is 82.8 Å². The number of benzene rings is 1. The van der Waals surface area contributed by atoms with E-state index in [2.05, 4.69) is 25.1 Å². The third kappa shape index (κ3) is 3.59. The molecule has 3 rings (SSSR count). The van der Waals surface area contributed by atoms with Gasteiger partial charge in [0.1, 0.15) is 11.4 Å². The van der Waals surface area contributed by atoms with E-state index < -0.39 is 0 Å². The van der Waals surface area contributed by atoms with Gasteiger partial charge in [-0.1, -0.05) is 30.3 Å². The van der Waals surface area contributed by atoms with E-state index in [1.807, 2.05) is 37.3 Å². The molecular weight excluding hydrogens is 314 g/mol. The summed E-state index contributed by atoms with van der Waals surface area (Å²) in [6, 6.07) is 10.0. The Bertz CT molecular complexity index is 812. The Hall–Kier alpha value is -2.61. The lowest BCUT2D eigenvalue weighted by molar-refractivity contribution is -0.139. The minimum Gasteiger partial charge on any atom is -0.469 e. The summed E-state index contributed by atoms with van der Waals surface area (Å²) in [5, 5.41) is 13.0. The number of methoxy groups -OCH3 is 1. The highest BCUT2D eigenvalue weighted by molar-refractivity contribution is 7.15. The Morgan fingerprint density at radius 3 is 2.83 bits per heavy atom. The fourth-order valence-electron chi connectivity index (χ4n) is 2.02. The van der Waals surface area contributed by atoms with Gasteiger partial charge in [-0.15, -0.1) is 21.5 Å². The monoisotopic (exact) mass is 329 g/mol. The number of aromatic nitrogens is 5. The Morgan fingerprint density at radius 2 is 2.09 bits per heavy atom. The molecule has 8 heteroatoms. The van der Waals surface area contributed by atoms with Gasteiger partial charge in [-0.25, -0.2) is 4.98 Å². The maximum atomic E-state index is 11.2. The molecule has 0 amide bonds. The van der Waals surface area contributed by atoms with E-state index in [4.69, 9.17) is 0 Å². The Balaban J connectivity index is 1.76. The van der Waals surface area contributed by atoms with Crippen LogP contribution in [0.4, 0.5) is 0 Å². The average molecular weight is 329 g/mol. The van der Waals surface area contributed by atoms with E-state index in [1.54, 1.807) is 11.3 Å². The van der Waals surface area contributed by atoms with Gasteiger partial charge >= 0.3 is 5.97 Å². The molecule has 2 heterocycles. The molecule has 0 unspecified atom stereocenters. The number of hydrogen-bond donors (Lipinski definition) is 0. The first-order valence-electron chi connectivity index (χ1n) is 7.01. The van der Waals surface area contributed by atoms with Crippen LogP contribution in [-0.4, -0.2) is 38.3 Å². The number of carbonyl (C=O) groups is 1. The highest BCUT2D eigenvalue weighted by Gasteiger charge is 2.13. The number of esters is 1. The van der Waals surface area contributed by atoms with E-state index in [0.29, 0.717) is 12.4 Å². The summed E-state index contributed by atoms with van der Waals surface area (Å²) in [6.07, 6.45) is 0.0213. The Morgan fingerprint density at radius 1 is 1.30 bits per heavy atom. The number of nitrogens with zero attached hydrogens (tertiary/aromatic N) is 5. The normalized spacial score (nSPS) is 10.7. The van der Waals surface area contributed by atoms with Crippen molar-refractivity contribution in [3.63, 3.8) is 0 Å². The summed E-state index contributed by atoms with van der Waals surface area (Å²) >= 11 is 1.60. The lowest BCUT2D eigenvalue weighted by atomic mass is 10.2. The minimum atomic E-state index is -0.384. The smallest absolute Gasteiger partial charge is 0.313 e. The molecule has 118 valence electrons. The van der Waals surface area contributed by atoms with E-state index in [0.717, 1.165) is 21.1 Å². The van der Waals surface area contributed by atoms with Crippen molar-refractivity contribution in [3.05, 3.63) is 46.7 Å². The van der Waals surface area contributed by atoms with E-state index in [9.17, 15) is 4.79 Å². The summed E-state index contributed by atoms with van der Waals surface area (Å²) in [4.78, 5) is 18.3. The fourth-order valence-corrected chi connectivity index (χ4v) is 3.07. The molecule has 1 aromatic carbocycles. The first-order chi connectivity index (χ1) is 11.2.